The number of carbonyl (C=O) groups excluding carboxylic acids is 1. The van der Waals surface area contributed by atoms with Crippen molar-refractivity contribution in [3.63, 3.8) is 0 Å². The highest BCUT2D eigenvalue weighted by molar-refractivity contribution is 5.94. The lowest BCUT2D eigenvalue weighted by Crippen LogP contribution is -2.39. The number of nitrogens with zero attached hydrogens (tertiary/aromatic N) is 6. The van der Waals surface area contributed by atoms with Crippen LogP contribution in [-0.4, -0.2) is 48.4 Å². The molecule has 7 nitrogen and oxygen atoms in total. The number of amides is 1. The Morgan fingerprint density at radius 2 is 2.08 bits per heavy atom. The normalized spacial score (nSPS) is 17.3. The van der Waals surface area contributed by atoms with Crippen LogP contribution in [0.2, 0.25) is 0 Å². The van der Waals surface area contributed by atoms with Crippen LogP contribution < -0.4 is 0 Å². The van der Waals surface area contributed by atoms with Gasteiger partial charge >= 0.3 is 0 Å². The Hall–Kier alpha value is -3.09. The first-order chi connectivity index (χ1) is 12.7. The molecule has 1 aliphatic heterocycles. The van der Waals surface area contributed by atoms with Gasteiger partial charge in [-0.2, -0.15) is 0 Å². The van der Waals surface area contributed by atoms with Crippen molar-refractivity contribution >= 4 is 5.91 Å². The van der Waals surface area contributed by atoms with Gasteiger partial charge in [-0.1, -0.05) is 0 Å². The Bertz CT molecular complexity index is 907. The SMILES string of the molecule is Cn1cncc1-c1cncc(C2CCCN(C(=O)c3cccnc3)C2)n1. The second-order valence-electron chi connectivity index (χ2n) is 6.55. The molecule has 1 saturated heterocycles. The van der Waals surface area contributed by atoms with E-state index in [1.165, 1.54) is 0 Å². The van der Waals surface area contributed by atoms with Gasteiger partial charge in [-0.3, -0.25) is 14.8 Å². The quantitative estimate of drug-likeness (QED) is 0.726. The van der Waals surface area contributed by atoms with Crippen LogP contribution in [0.1, 0.15) is 34.8 Å². The summed E-state index contributed by atoms with van der Waals surface area (Å²) >= 11 is 0. The average Bonchev–Trinajstić information content (AvgIpc) is 3.14. The minimum Gasteiger partial charge on any atom is -0.338 e. The van der Waals surface area contributed by atoms with E-state index in [2.05, 4.69) is 15.0 Å². The van der Waals surface area contributed by atoms with E-state index in [0.717, 1.165) is 36.5 Å². The maximum atomic E-state index is 12.7. The number of piperidine rings is 1. The fraction of sp³-hybridized carbons (Fsp3) is 0.316. The number of hydrogen-bond acceptors (Lipinski definition) is 5. The van der Waals surface area contributed by atoms with Gasteiger partial charge in [0.15, 0.2) is 0 Å². The highest BCUT2D eigenvalue weighted by Crippen LogP contribution is 2.27. The standard InChI is InChI=1S/C19H20N6O/c1-24-13-22-11-18(24)17-10-21-9-16(23-17)15-5-3-7-25(12-15)19(26)14-4-2-6-20-8-14/h2,4,6,8-11,13,15H,3,5,7,12H2,1H3. The van der Waals surface area contributed by atoms with Crippen LogP contribution in [-0.2, 0) is 7.05 Å². The zero-order valence-corrected chi connectivity index (χ0v) is 14.6. The van der Waals surface area contributed by atoms with Crippen LogP contribution in [0.15, 0.2) is 49.4 Å². The third kappa shape index (κ3) is 3.20. The molecule has 4 heterocycles. The first-order valence-electron chi connectivity index (χ1n) is 8.70. The van der Waals surface area contributed by atoms with Crippen molar-refractivity contribution in [3.05, 3.63) is 60.7 Å². The summed E-state index contributed by atoms with van der Waals surface area (Å²) in [7, 11) is 1.94. The average molecular weight is 348 g/mol. The summed E-state index contributed by atoms with van der Waals surface area (Å²) in [6, 6.07) is 3.60. The molecule has 4 rings (SSSR count). The Labute approximate surface area is 151 Å². The number of aryl methyl sites for hydroxylation is 1. The minimum atomic E-state index is 0.0264. The molecule has 26 heavy (non-hydrogen) atoms. The third-order valence-electron chi connectivity index (χ3n) is 4.77. The molecular formula is C19H20N6O. The van der Waals surface area contributed by atoms with Crippen molar-refractivity contribution in [1.82, 2.24) is 29.4 Å². The van der Waals surface area contributed by atoms with Crippen molar-refractivity contribution in [2.24, 2.45) is 7.05 Å². The number of pyridine rings is 1. The second kappa shape index (κ2) is 7.03. The number of hydrogen-bond donors (Lipinski definition) is 0. The molecular weight excluding hydrogens is 328 g/mol. The van der Waals surface area contributed by atoms with Gasteiger partial charge in [0.25, 0.3) is 5.91 Å². The number of likely N-dealkylation sites (tertiary alicyclic amines) is 1. The molecule has 1 amide bonds. The lowest BCUT2D eigenvalue weighted by atomic mass is 9.94. The summed E-state index contributed by atoms with van der Waals surface area (Å²) < 4.78 is 1.92. The Morgan fingerprint density at radius 3 is 2.85 bits per heavy atom. The molecule has 3 aromatic rings. The Morgan fingerprint density at radius 1 is 1.15 bits per heavy atom. The summed E-state index contributed by atoms with van der Waals surface area (Å²) in [5.41, 5.74) is 3.28. The molecule has 132 valence electrons. The van der Waals surface area contributed by atoms with Crippen molar-refractivity contribution in [2.45, 2.75) is 18.8 Å². The molecule has 0 aliphatic carbocycles. The van der Waals surface area contributed by atoms with E-state index < -0.39 is 0 Å². The summed E-state index contributed by atoms with van der Waals surface area (Å²) in [6.45, 7) is 1.41. The first-order valence-corrected chi connectivity index (χ1v) is 8.70. The van der Waals surface area contributed by atoms with Gasteiger partial charge < -0.3 is 9.47 Å². The van der Waals surface area contributed by atoms with Crippen molar-refractivity contribution < 1.29 is 4.79 Å². The van der Waals surface area contributed by atoms with Gasteiger partial charge in [-0.15, -0.1) is 0 Å². The van der Waals surface area contributed by atoms with Crippen LogP contribution in [0.3, 0.4) is 0 Å². The topological polar surface area (TPSA) is 76.8 Å². The number of aromatic nitrogens is 5. The van der Waals surface area contributed by atoms with E-state index in [0.29, 0.717) is 12.1 Å². The highest BCUT2D eigenvalue weighted by atomic mass is 16.2. The van der Waals surface area contributed by atoms with Crippen LogP contribution in [0, 0.1) is 0 Å². The summed E-state index contributed by atoms with van der Waals surface area (Å²) in [5.74, 6) is 0.212. The van der Waals surface area contributed by atoms with Gasteiger partial charge in [-0.05, 0) is 25.0 Å². The number of imidazole rings is 1. The highest BCUT2D eigenvalue weighted by Gasteiger charge is 2.27. The molecule has 3 aromatic heterocycles. The molecule has 7 heteroatoms. The van der Waals surface area contributed by atoms with E-state index in [1.54, 1.807) is 37.2 Å². The second-order valence-corrected chi connectivity index (χ2v) is 6.55. The molecule has 0 aromatic carbocycles. The van der Waals surface area contributed by atoms with Gasteiger partial charge in [0.2, 0.25) is 0 Å². The monoisotopic (exact) mass is 348 g/mol. The lowest BCUT2D eigenvalue weighted by molar-refractivity contribution is 0.0705. The molecule has 0 spiro atoms. The fourth-order valence-corrected chi connectivity index (χ4v) is 3.38. The van der Waals surface area contributed by atoms with Crippen molar-refractivity contribution in [3.8, 4) is 11.4 Å². The van der Waals surface area contributed by atoms with Gasteiger partial charge in [-0.25, -0.2) is 9.97 Å². The molecule has 1 atom stereocenters. The summed E-state index contributed by atoms with van der Waals surface area (Å²) in [4.78, 5) is 32.0. The predicted octanol–water partition coefficient (Wildman–Crippen LogP) is 2.29. The lowest BCUT2D eigenvalue weighted by Gasteiger charge is -2.32. The first kappa shape index (κ1) is 16.4. The van der Waals surface area contributed by atoms with Crippen LogP contribution in [0.4, 0.5) is 0 Å². The van der Waals surface area contributed by atoms with E-state index in [9.17, 15) is 4.79 Å². The molecule has 0 saturated carbocycles. The largest absolute Gasteiger partial charge is 0.338 e. The van der Waals surface area contributed by atoms with E-state index in [4.69, 9.17) is 4.98 Å². The predicted molar refractivity (Wildman–Crippen MR) is 96.3 cm³/mol. The summed E-state index contributed by atoms with van der Waals surface area (Å²) in [6.07, 6.45) is 12.3. The van der Waals surface area contributed by atoms with Crippen LogP contribution in [0.25, 0.3) is 11.4 Å². The Balaban J connectivity index is 1.55. The minimum absolute atomic E-state index is 0.0264. The number of carbonyl (C=O) groups is 1. The molecule has 1 unspecified atom stereocenters. The molecule has 1 aliphatic rings. The zero-order valence-electron chi connectivity index (χ0n) is 14.6. The van der Waals surface area contributed by atoms with Gasteiger partial charge in [0, 0.05) is 44.6 Å². The van der Waals surface area contributed by atoms with Crippen LogP contribution in [0.5, 0.6) is 0 Å². The van der Waals surface area contributed by atoms with E-state index in [1.807, 2.05) is 28.8 Å². The third-order valence-corrected chi connectivity index (χ3v) is 4.77. The van der Waals surface area contributed by atoms with E-state index >= 15 is 0 Å². The van der Waals surface area contributed by atoms with Gasteiger partial charge in [0.05, 0.1) is 35.7 Å². The maximum Gasteiger partial charge on any atom is 0.255 e. The molecule has 1 fully saturated rings. The van der Waals surface area contributed by atoms with Gasteiger partial charge in [0.1, 0.15) is 5.69 Å². The summed E-state index contributed by atoms with van der Waals surface area (Å²) in [5, 5.41) is 0. The smallest absolute Gasteiger partial charge is 0.255 e. The Kier molecular flexibility index (Phi) is 4.43. The van der Waals surface area contributed by atoms with Crippen molar-refractivity contribution in [1.29, 1.82) is 0 Å². The zero-order chi connectivity index (χ0) is 17.9. The van der Waals surface area contributed by atoms with Crippen LogP contribution >= 0.6 is 0 Å². The number of rotatable bonds is 3. The fourth-order valence-electron chi connectivity index (χ4n) is 3.38. The van der Waals surface area contributed by atoms with E-state index in [-0.39, 0.29) is 11.8 Å². The maximum absolute atomic E-state index is 12.7. The molecule has 0 radical (unpaired) electrons. The van der Waals surface area contributed by atoms with Crippen molar-refractivity contribution in [2.75, 3.05) is 13.1 Å². The molecule has 0 bridgehead atoms. The molecule has 0 N–H and O–H groups in total.